The van der Waals surface area contributed by atoms with Gasteiger partial charge in [-0.15, -0.1) is 0 Å². The molecule has 154 valence electrons. The lowest BCUT2D eigenvalue weighted by molar-refractivity contribution is -0.119. The Morgan fingerprint density at radius 1 is 1.10 bits per heavy atom. The molecule has 0 fully saturated rings. The number of ether oxygens (including phenoxy) is 1. The second-order valence-corrected chi connectivity index (χ2v) is 7.12. The fourth-order valence-corrected chi connectivity index (χ4v) is 3.05. The quantitative estimate of drug-likeness (QED) is 0.403. The Bertz CT molecular complexity index is 889. The molecule has 2 aromatic carbocycles. The van der Waals surface area contributed by atoms with Crippen LogP contribution in [-0.4, -0.2) is 24.0 Å². The highest BCUT2D eigenvalue weighted by molar-refractivity contribution is 7.80. The number of rotatable bonds is 8. The minimum atomic E-state index is -0.343. The minimum Gasteiger partial charge on any atom is -0.494 e. The van der Waals surface area contributed by atoms with Gasteiger partial charge < -0.3 is 20.7 Å². The highest BCUT2D eigenvalue weighted by Crippen LogP contribution is 2.29. The van der Waals surface area contributed by atoms with Crippen LogP contribution in [0, 0.1) is 0 Å². The summed E-state index contributed by atoms with van der Waals surface area (Å²) in [6, 6.07) is 11.9. The Balaban J connectivity index is 2.01. The molecule has 0 aromatic heterocycles. The van der Waals surface area contributed by atoms with Gasteiger partial charge in [-0.25, -0.2) is 0 Å². The van der Waals surface area contributed by atoms with Crippen LogP contribution in [0.3, 0.4) is 0 Å². The van der Waals surface area contributed by atoms with Crippen LogP contribution in [0.1, 0.15) is 43.0 Å². The molecule has 0 spiro atoms. The van der Waals surface area contributed by atoms with Crippen LogP contribution < -0.4 is 20.7 Å². The zero-order valence-corrected chi connectivity index (χ0v) is 18.0. The van der Waals surface area contributed by atoms with Gasteiger partial charge in [0.1, 0.15) is 5.75 Å². The number of thiocarbonyl (C=S) groups is 1. The van der Waals surface area contributed by atoms with E-state index in [4.69, 9.17) is 28.6 Å². The SMILES string of the molecule is CCCCCC(=O)NC(=S)Nc1ccc(NC(=O)c2ccccc2Cl)c(OC)c1. The van der Waals surface area contributed by atoms with E-state index in [1.165, 1.54) is 7.11 Å². The van der Waals surface area contributed by atoms with Gasteiger partial charge in [0.2, 0.25) is 5.91 Å². The van der Waals surface area contributed by atoms with E-state index in [1.54, 1.807) is 42.5 Å². The number of amides is 2. The maximum absolute atomic E-state index is 12.5. The fourth-order valence-electron chi connectivity index (χ4n) is 2.59. The predicted octanol–water partition coefficient (Wildman–Crippen LogP) is 4.99. The lowest BCUT2D eigenvalue weighted by Crippen LogP contribution is -2.33. The van der Waals surface area contributed by atoms with Gasteiger partial charge in [0.05, 0.1) is 23.4 Å². The van der Waals surface area contributed by atoms with Crippen LogP contribution in [0.2, 0.25) is 5.02 Å². The molecular weight excluding hydrogens is 410 g/mol. The number of hydrogen-bond donors (Lipinski definition) is 3. The molecule has 8 heteroatoms. The van der Waals surface area contributed by atoms with E-state index in [0.717, 1.165) is 19.3 Å². The van der Waals surface area contributed by atoms with Crippen molar-refractivity contribution in [1.29, 1.82) is 0 Å². The molecular formula is C21H24ClN3O3S. The summed E-state index contributed by atoms with van der Waals surface area (Å²) in [7, 11) is 1.50. The Labute approximate surface area is 181 Å². The van der Waals surface area contributed by atoms with E-state index in [9.17, 15) is 9.59 Å². The topological polar surface area (TPSA) is 79.5 Å². The first kappa shape index (κ1) is 22.6. The molecule has 0 saturated heterocycles. The van der Waals surface area contributed by atoms with E-state index in [0.29, 0.717) is 34.1 Å². The smallest absolute Gasteiger partial charge is 0.257 e. The van der Waals surface area contributed by atoms with E-state index in [1.807, 2.05) is 0 Å². The maximum atomic E-state index is 12.5. The zero-order valence-electron chi connectivity index (χ0n) is 16.4. The molecule has 0 aliphatic rings. The first-order valence-corrected chi connectivity index (χ1v) is 10.1. The molecule has 3 N–H and O–H groups in total. The van der Waals surface area contributed by atoms with Gasteiger partial charge in [-0.1, -0.05) is 43.5 Å². The third kappa shape index (κ3) is 7.03. The number of carbonyl (C=O) groups excluding carboxylic acids is 2. The number of hydrogen-bond acceptors (Lipinski definition) is 4. The molecule has 0 aliphatic heterocycles. The van der Waals surface area contributed by atoms with Crippen LogP contribution >= 0.6 is 23.8 Å². The summed E-state index contributed by atoms with van der Waals surface area (Å²) in [6.45, 7) is 2.08. The summed E-state index contributed by atoms with van der Waals surface area (Å²) in [5, 5.41) is 8.95. The highest BCUT2D eigenvalue weighted by atomic mass is 35.5. The van der Waals surface area contributed by atoms with Gasteiger partial charge >= 0.3 is 0 Å². The first-order valence-electron chi connectivity index (χ1n) is 9.29. The highest BCUT2D eigenvalue weighted by Gasteiger charge is 2.13. The number of nitrogens with one attached hydrogen (secondary N) is 3. The van der Waals surface area contributed by atoms with Crippen molar-refractivity contribution in [2.75, 3.05) is 17.7 Å². The van der Waals surface area contributed by atoms with E-state index < -0.39 is 0 Å². The minimum absolute atomic E-state index is 0.119. The van der Waals surface area contributed by atoms with Crippen molar-refractivity contribution in [3.8, 4) is 5.75 Å². The molecule has 0 aliphatic carbocycles. The first-order chi connectivity index (χ1) is 13.9. The number of anilines is 2. The molecule has 2 rings (SSSR count). The summed E-state index contributed by atoms with van der Waals surface area (Å²) in [6.07, 6.45) is 3.33. The summed E-state index contributed by atoms with van der Waals surface area (Å²) >= 11 is 11.3. The average molecular weight is 434 g/mol. The van der Waals surface area contributed by atoms with Crippen molar-refractivity contribution < 1.29 is 14.3 Å². The third-order valence-electron chi connectivity index (χ3n) is 4.09. The number of benzene rings is 2. The molecule has 0 radical (unpaired) electrons. The zero-order chi connectivity index (χ0) is 21.2. The molecule has 0 saturated carbocycles. The Hall–Kier alpha value is -2.64. The van der Waals surface area contributed by atoms with Crippen LogP contribution in [0.5, 0.6) is 5.75 Å². The molecule has 6 nitrogen and oxygen atoms in total. The number of methoxy groups -OCH3 is 1. The summed E-state index contributed by atoms with van der Waals surface area (Å²) < 4.78 is 5.36. The molecule has 29 heavy (non-hydrogen) atoms. The van der Waals surface area contributed by atoms with Crippen molar-refractivity contribution >= 4 is 52.1 Å². The van der Waals surface area contributed by atoms with Crippen molar-refractivity contribution in [2.24, 2.45) is 0 Å². The third-order valence-corrected chi connectivity index (χ3v) is 4.62. The lowest BCUT2D eigenvalue weighted by Gasteiger charge is -2.14. The second kappa shape index (κ2) is 11.4. The molecule has 2 amide bonds. The summed E-state index contributed by atoms with van der Waals surface area (Å²) in [5.41, 5.74) is 1.47. The Kier molecular flexibility index (Phi) is 8.89. The van der Waals surface area contributed by atoms with Gasteiger partial charge in [0, 0.05) is 18.2 Å². The molecule has 0 unspecified atom stereocenters. The van der Waals surface area contributed by atoms with Crippen LogP contribution in [-0.2, 0) is 4.79 Å². The maximum Gasteiger partial charge on any atom is 0.257 e. The van der Waals surface area contributed by atoms with Crippen LogP contribution in [0.15, 0.2) is 42.5 Å². The van der Waals surface area contributed by atoms with Crippen LogP contribution in [0.4, 0.5) is 11.4 Å². The van der Waals surface area contributed by atoms with Gasteiger partial charge in [-0.3, -0.25) is 9.59 Å². The van der Waals surface area contributed by atoms with E-state index >= 15 is 0 Å². The molecule has 0 bridgehead atoms. The summed E-state index contributed by atoms with van der Waals surface area (Å²) in [5.74, 6) is -0.0245. The van der Waals surface area contributed by atoms with Crippen molar-refractivity contribution in [3.63, 3.8) is 0 Å². The van der Waals surface area contributed by atoms with Gasteiger partial charge in [0.15, 0.2) is 5.11 Å². The fraction of sp³-hybridized carbons (Fsp3) is 0.286. The van der Waals surface area contributed by atoms with Crippen molar-refractivity contribution in [3.05, 3.63) is 53.1 Å². The molecule has 0 atom stereocenters. The van der Waals surface area contributed by atoms with E-state index in [2.05, 4.69) is 22.9 Å². The Morgan fingerprint density at radius 2 is 1.86 bits per heavy atom. The molecule has 0 heterocycles. The van der Waals surface area contributed by atoms with Gasteiger partial charge in [-0.05, 0) is 42.9 Å². The second-order valence-electron chi connectivity index (χ2n) is 6.31. The van der Waals surface area contributed by atoms with Gasteiger partial charge in [-0.2, -0.15) is 0 Å². The van der Waals surface area contributed by atoms with Crippen molar-refractivity contribution in [1.82, 2.24) is 5.32 Å². The normalized spacial score (nSPS) is 10.2. The van der Waals surface area contributed by atoms with Crippen molar-refractivity contribution in [2.45, 2.75) is 32.6 Å². The molecule has 2 aromatic rings. The monoisotopic (exact) mass is 433 g/mol. The van der Waals surface area contributed by atoms with Gasteiger partial charge in [0.25, 0.3) is 5.91 Å². The summed E-state index contributed by atoms with van der Waals surface area (Å²) in [4.78, 5) is 24.3. The number of halogens is 1. The standard InChI is InChI=1S/C21H24ClN3O3S/c1-3-4-5-10-19(26)25-21(29)23-14-11-12-17(18(13-14)28-2)24-20(27)15-8-6-7-9-16(15)22/h6-9,11-13H,3-5,10H2,1-2H3,(H,24,27)(H2,23,25,26,29). The largest absolute Gasteiger partial charge is 0.494 e. The number of unbranched alkanes of at least 4 members (excludes halogenated alkanes) is 2. The lowest BCUT2D eigenvalue weighted by atomic mass is 10.2. The predicted molar refractivity (Wildman–Crippen MR) is 121 cm³/mol. The van der Waals surface area contributed by atoms with E-state index in [-0.39, 0.29) is 16.9 Å². The number of carbonyl (C=O) groups is 2. The van der Waals surface area contributed by atoms with Crippen LogP contribution in [0.25, 0.3) is 0 Å². The Morgan fingerprint density at radius 3 is 2.55 bits per heavy atom. The average Bonchev–Trinajstić information content (AvgIpc) is 2.69.